The molecule has 25 heavy (non-hydrogen) atoms. The Hall–Kier alpha value is -2.93. The third kappa shape index (κ3) is 3.77. The van der Waals surface area contributed by atoms with E-state index in [9.17, 15) is 14.9 Å². The molecule has 3 rings (SSSR count). The number of amides is 1. The zero-order valence-electron chi connectivity index (χ0n) is 13.8. The lowest BCUT2D eigenvalue weighted by Gasteiger charge is -2.27. The maximum atomic E-state index is 12.7. The fourth-order valence-corrected chi connectivity index (χ4v) is 2.65. The summed E-state index contributed by atoms with van der Waals surface area (Å²) in [5.74, 6) is 0.794. The van der Waals surface area contributed by atoms with E-state index in [-0.39, 0.29) is 11.6 Å². The van der Waals surface area contributed by atoms with E-state index < -0.39 is 4.92 Å². The van der Waals surface area contributed by atoms with Gasteiger partial charge in [0.2, 0.25) is 0 Å². The standard InChI is InChI=1S/C18H18N2O5/c1-13-12-14(20(22)23)6-7-16(13)25-17-5-3-2-4-15(17)18(21)19-8-10-24-11-9-19/h2-7,12H,8-11H2,1H3. The van der Waals surface area contributed by atoms with Gasteiger partial charge in [0, 0.05) is 25.2 Å². The van der Waals surface area contributed by atoms with Crippen LogP contribution < -0.4 is 4.74 Å². The van der Waals surface area contributed by atoms with Gasteiger partial charge in [-0.25, -0.2) is 0 Å². The average molecular weight is 342 g/mol. The summed E-state index contributed by atoms with van der Waals surface area (Å²) in [7, 11) is 0. The molecule has 130 valence electrons. The summed E-state index contributed by atoms with van der Waals surface area (Å²) in [5, 5.41) is 10.8. The van der Waals surface area contributed by atoms with Crippen molar-refractivity contribution in [1.29, 1.82) is 0 Å². The number of nitro groups is 1. The summed E-state index contributed by atoms with van der Waals surface area (Å²) in [6, 6.07) is 11.4. The maximum absolute atomic E-state index is 12.7. The van der Waals surface area contributed by atoms with Gasteiger partial charge in [-0.3, -0.25) is 14.9 Å². The highest BCUT2D eigenvalue weighted by atomic mass is 16.6. The van der Waals surface area contributed by atoms with Crippen LogP contribution in [0.5, 0.6) is 11.5 Å². The Balaban J connectivity index is 1.86. The number of ether oxygens (including phenoxy) is 2. The fraction of sp³-hybridized carbons (Fsp3) is 0.278. The normalized spacial score (nSPS) is 14.2. The van der Waals surface area contributed by atoms with Gasteiger partial charge in [0.15, 0.2) is 0 Å². The molecule has 7 nitrogen and oxygen atoms in total. The molecule has 1 heterocycles. The number of carbonyl (C=O) groups excluding carboxylic acids is 1. The first-order chi connectivity index (χ1) is 12.1. The smallest absolute Gasteiger partial charge is 0.269 e. The first-order valence-electron chi connectivity index (χ1n) is 7.95. The number of carbonyl (C=O) groups is 1. The summed E-state index contributed by atoms with van der Waals surface area (Å²) in [5.41, 5.74) is 1.09. The van der Waals surface area contributed by atoms with Crippen molar-refractivity contribution in [3.8, 4) is 11.5 Å². The van der Waals surface area contributed by atoms with Gasteiger partial charge in [-0.05, 0) is 30.7 Å². The average Bonchev–Trinajstić information content (AvgIpc) is 2.64. The molecular formula is C18H18N2O5. The Morgan fingerprint density at radius 2 is 1.88 bits per heavy atom. The SMILES string of the molecule is Cc1cc([N+](=O)[O-])ccc1Oc1ccccc1C(=O)N1CCOCC1. The summed E-state index contributed by atoms with van der Waals surface area (Å²) in [6.07, 6.45) is 0. The number of para-hydroxylation sites is 1. The molecule has 7 heteroatoms. The van der Waals surface area contributed by atoms with Crippen molar-refractivity contribution < 1.29 is 19.2 Å². The predicted molar refractivity (Wildman–Crippen MR) is 91.1 cm³/mol. The second kappa shape index (κ2) is 7.31. The molecule has 1 aliphatic heterocycles. The molecule has 0 aromatic heterocycles. The molecule has 2 aromatic carbocycles. The Labute approximate surface area is 144 Å². The van der Waals surface area contributed by atoms with Crippen molar-refractivity contribution in [2.75, 3.05) is 26.3 Å². The van der Waals surface area contributed by atoms with E-state index in [0.29, 0.717) is 48.9 Å². The monoisotopic (exact) mass is 342 g/mol. The van der Waals surface area contributed by atoms with Crippen LogP contribution in [0.3, 0.4) is 0 Å². The lowest BCUT2D eigenvalue weighted by molar-refractivity contribution is -0.384. The van der Waals surface area contributed by atoms with Crippen LogP contribution in [0.15, 0.2) is 42.5 Å². The van der Waals surface area contributed by atoms with Crippen molar-refractivity contribution in [3.63, 3.8) is 0 Å². The zero-order chi connectivity index (χ0) is 17.8. The van der Waals surface area contributed by atoms with Gasteiger partial charge in [0.1, 0.15) is 11.5 Å². The molecule has 0 radical (unpaired) electrons. The summed E-state index contributed by atoms with van der Waals surface area (Å²) >= 11 is 0. The number of aryl methyl sites for hydroxylation is 1. The number of benzene rings is 2. The molecule has 0 atom stereocenters. The highest BCUT2D eigenvalue weighted by molar-refractivity contribution is 5.97. The van der Waals surface area contributed by atoms with Crippen LogP contribution in [0.1, 0.15) is 15.9 Å². The highest BCUT2D eigenvalue weighted by Crippen LogP contribution is 2.30. The Morgan fingerprint density at radius 3 is 2.56 bits per heavy atom. The van der Waals surface area contributed by atoms with Gasteiger partial charge in [-0.15, -0.1) is 0 Å². The second-order valence-electron chi connectivity index (χ2n) is 5.71. The molecule has 0 bridgehead atoms. The quantitative estimate of drug-likeness (QED) is 0.629. The van der Waals surface area contributed by atoms with Gasteiger partial charge in [-0.1, -0.05) is 12.1 Å². The molecule has 0 aliphatic carbocycles. The number of nitrogens with zero attached hydrogens (tertiary/aromatic N) is 2. The van der Waals surface area contributed by atoms with Gasteiger partial charge in [-0.2, -0.15) is 0 Å². The van der Waals surface area contributed by atoms with Gasteiger partial charge in [0.05, 0.1) is 23.7 Å². The number of non-ortho nitro benzene ring substituents is 1. The molecule has 0 N–H and O–H groups in total. The third-order valence-corrected chi connectivity index (χ3v) is 4.01. The van der Waals surface area contributed by atoms with E-state index >= 15 is 0 Å². The molecular weight excluding hydrogens is 324 g/mol. The molecule has 1 amide bonds. The van der Waals surface area contributed by atoms with E-state index in [1.54, 1.807) is 42.2 Å². The topological polar surface area (TPSA) is 81.9 Å². The van der Waals surface area contributed by atoms with E-state index in [2.05, 4.69) is 0 Å². The molecule has 2 aromatic rings. The van der Waals surface area contributed by atoms with Crippen LogP contribution in [0.25, 0.3) is 0 Å². The Kier molecular flexibility index (Phi) is 4.95. The van der Waals surface area contributed by atoms with Crippen LogP contribution in [0.2, 0.25) is 0 Å². The molecule has 1 aliphatic rings. The lowest BCUT2D eigenvalue weighted by atomic mass is 10.1. The van der Waals surface area contributed by atoms with Crippen molar-refractivity contribution in [3.05, 3.63) is 63.7 Å². The number of nitro benzene ring substituents is 1. The van der Waals surface area contributed by atoms with E-state index in [0.717, 1.165) is 0 Å². The number of hydrogen-bond donors (Lipinski definition) is 0. The second-order valence-corrected chi connectivity index (χ2v) is 5.71. The minimum Gasteiger partial charge on any atom is -0.456 e. The first-order valence-corrected chi connectivity index (χ1v) is 7.95. The summed E-state index contributed by atoms with van der Waals surface area (Å²) < 4.78 is 11.2. The van der Waals surface area contributed by atoms with Crippen molar-refractivity contribution >= 4 is 11.6 Å². The predicted octanol–water partition coefficient (Wildman–Crippen LogP) is 3.17. The summed E-state index contributed by atoms with van der Waals surface area (Å²) in [4.78, 5) is 24.9. The van der Waals surface area contributed by atoms with Crippen LogP contribution in [0, 0.1) is 17.0 Å². The molecule has 0 spiro atoms. The van der Waals surface area contributed by atoms with Crippen LogP contribution in [0.4, 0.5) is 5.69 Å². The Bertz CT molecular complexity index is 800. The molecule has 1 fully saturated rings. The highest BCUT2D eigenvalue weighted by Gasteiger charge is 2.22. The summed E-state index contributed by atoms with van der Waals surface area (Å²) in [6.45, 7) is 3.87. The van der Waals surface area contributed by atoms with Crippen LogP contribution in [-0.2, 0) is 4.74 Å². The minimum absolute atomic E-state index is 0.00234. The van der Waals surface area contributed by atoms with Crippen molar-refractivity contribution in [2.24, 2.45) is 0 Å². The minimum atomic E-state index is -0.452. The molecule has 0 saturated carbocycles. The number of rotatable bonds is 4. The number of hydrogen-bond acceptors (Lipinski definition) is 5. The van der Waals surface area contributed by atoms with E-state index in [1.165, 1.54) is 12.1 Å². The maximum Gasteiger partial charge on any atom is 0.269 e. The van der Waals surface area contributed by atoms with Gasteiger partial charge >= 0.3 is 0 Å². The van der Waals surface area contributed by atoms with Crippen LogP contribution >= 0.6 is 0 Å². The van der Waals surface area contributed by atoms with Crippen LogP contribution in [-0.4, -0.2) is 42.0 Å². The number of morpholine rings is 1. The fourth-order valence-electron chi connectivity index (χ4n) is 2.65. The zero-order valence-corrected chi connectivity index (χ0v) is 13.8. The molecule has 1 saturated heterocycles. The van der Waals surface area contributed by atoms with Gasteiger partial charge in [0.25, 0.3) is 11.6 Å². The van der Waals surface area contributed by atoms with E-state index in [4.69, 9.17) is 9.47 Å². The molecule has 0 unspecified atom stereocenters. The van der Waals surface area contributed by atoms with Crippen molar-refractivity contribution in [2.45, 2.75) is 6.92 Å². The third-order valence-electron chi connectivity index (χ3n) is 4.01. The first kappa shape index (κ1) is 16.9. The van der Waals surface area contributed by atoms with Gasteiger partial charge < -0.3 is 14.4 Å². The lowest BCUT2D eigenvalue weighted by Crippen LogP contribution is -2.40. The van der Waals surface area contributed by atoms with Crippen molar-refractivity contribution in [1.82, 2.24) is 4.90 Å². The Morgan fingerprint density at radius 1 is 1.16 bits per heavy atom. The van der Waals surface area contributed by atoms with E-state index in [1.807, 2.05) is 0 Å². The largest absolute Gasteiger partial charge is 0.456 e.